The molecule has 0 saturated heterocycles. The molecular weight excluding hydrogens is 396 g/mol. The van der Waals surface area contributed by atoms with Gasteiger partial charge in [-0.3, -0.25) is 4.72 Å². The maximum atomic E-state index is 12.9. The molecule has 1 heterocycles. The van der Waals surface area contributed by atoms with E-state index in [1.165, 1.54) is 19.2 Å². The lowest BCUT2D eigenvalue weighted by atomic mass is 10.1. The van der Waals surface area contributed by atoms with Gasteiger partial charge in [0.1, 0.15) is 10.6 Å². The minimum Gasteiger partial charge on any atom is -0.495 e. The zero-order chi connectivity index (χ0) is 19.7. The molecule has 3 aromatic carbocycles. The highest BCUT2D eigenvalue weighted by atomic mass is 35.5. The van der Waals surface area contributed by atoms with E-state index in [1.54, 1.807) is 24.3 Å². The van der Waals surface area contributed by atoms with Gasteiger partial charge in [-0.15, -0.1) is 0 Å². The molecule has 4 rings (SSSR count). The summed E-state index contributed by atoms with van der Waals surface area (Å²) in [5, 5.41) is 1.40. The van der Waals surface area contributed by atoms with Crippen LogP contribution in [0.2, 0.25) is 5.02 Å². The molecular formula is C21H17ClN2O3S. The van der Waals surface area contributed by atoms with Gasteiger partial charge in [0.05, 0.1) is 7.11 Å². The van der Waals surface area contributed by atoms with Gasteiger partial charge in [-0.05, 0) is 42.5 Å². The van der Waals surface area contributed by atoms with Crippen molar-refractivity contribution in [1.29, 1.82) is 0 Å². The van der Waals surface area contributed by atoms with Gasteiger partial charge in [-0.2, -0.15) is 0 Å². The summed E-state index contributed by atoms with van der Waals surface area (Å²) >= 11 is 5.97. The number of hydrogen-bond acceptors (Lipinski definition) is 3. The molecule has 4 aromatic rings. The Bertz CT molecular complexity index is 1230. The number of aromatic nitrogens is 1. The van der Waals surface area contributed by atoms with Gasteiger partial charge in [0.25, 0.3) is 10.0 Å². The van der Waals surface area contributed by atoms with Crippen LogP contribution in [0.15, 0.2) is 77.7 Å². The average Bonchev–Trinajstić information content (AvgIpc) is 3.12. The number of fused-ring (bicyclic) bond motifs is 1. The number of benzene rings is 3. The minimum atomic E-state index is -3.87. The molecule has 0 unspecified atom stereocenters. The van der Waals surface area contributed by atoms with Crippen LogP contribution in [0.4, 0.5) is 5.69 Å². The lowest BCUT2D eigenvalue weighted by Gasteiger charge is -2.12. The lowest BCUT2D eigenvalue weighted by molar-refractivity contribution is 0.403. The minimum absolute atomic E-state index is 0.0153. The Morgan fingerprint density at radius 1 is 0.964 bits per heavy atom. The second-order valence-electron chi connectivity index (χ2n) is 6.25. The monoisotopic (exact) mass is 412 g/mol. The van der Waals surface area contributed by atoms with E-state index in [9.17, 15) is 8.42 Å². The highest BCUT2D eigenvalue weighted by Gasteiger charge is 2.20. The molecule has 0 spiro atoms. The van der Waals surface area contributed by atoms with Crippen molar-refractivity contribution in [2.24, 2.45) is 0 Å². The normalized spacial score (nSPS) is 11.5. The van der Waals surface area contributed by atoms with Crippen LogP contribution in [0.3, 0.4) is 0 Å². The molecule has 0 amide bonds. The third kappa shape index (κ3) is 3.56. The predicted molar refractivity (Wildman–Crippen MR) is 113 cm³/mol. The number of H-pyrrole nitrogens is 1. The SMILES string of the molecule is COc1ccc(Cl)cc1S(=O)(=O)Nc1cccc(-c2cc3ccccc3[nH]2)c1. The van der Waals surface area contributed by atoms with E-state index in [0.29, 0.717) is 10.7 Å². The van der Waals surface area contributed by atoms with Crippen molar-refractivity contribution in [2.75, 3.05) is 11.8 Å². The summed E-state index contributed by atoms with van der Waals surface area (Å²) in [4.78, 5) is 3.33. The highest BCUT2D eigenvalue weighted by Crippen LogP contribution is 2.30. The van der Waals surface area contributed by atoms with Crippen LogP contribution in [0.25, 0.3) is 22.2 Å². The average molecular weight is 413 g/mol. The molecule has 7 heteroatoms. The van der Waals surface area contributed by atoms with Crippen LogP contribution in [-0.4, -0.2) is 20.5 Å². The number of aromatic amines is 1. The smallest absolute Gasteiger partial charge is 0.265 e. The lowest BCUT2D eigenvalue weighted by Crippen LogP contribution is -2.14. The summed E-state index contributed by atoms with van der Waals surface area (Å²) in [5.74, 6) is 0.226. The molecule has 0 aliphatic heterocycles. The van der Waals surface area contributed by atoms with Gasteiger partial charge >= 0.3 is 0 Å². The molecule has 2 N–H and O–H groups in total. The largest absolute Gasteiger partial charge is 0.495 e. The van der Waals surface area contributed by atoms with E-state index in [-0.39, 0.29) is 10.6 Å². The summed E-state index contributed by atoms with van der Waals surface area (Å²) < 4.78 is 33.5. The second kappa shape index (κ2) is 7.22. The van der Waals surface area contributed by atoms with Crippen LogP contribution >= 0.6 is 11.6 Å². The van der Waals surface area contributed by atoms with Gasteiger partial charge in [0.15, 0.2) is 0 Å². The number of ether oxygens (including phenoxy) is 1. The Labute approximate surface area is 168 Å². The van der Waals surface area contributed by atoms with E-state index >= 15 is 0 Å². The number of sulfonamides is 1. The van der Waals surface area contributed by atoms with Gasteiger partial charge in [0.2, 0.25) is 0 Å². The first kappa shape index (κ1) is 18.4. The third-order valence-electron chi connectivity index (χ3n) is 4.37. The van der Waals surface area contributed by atoms with E-state index in [4.69, 9.17) is 16.3 Å². The molecule has 0 radical (unpaired) electrons. The number of rotatable bonds is 5. The predicted octanol–water partition coefficient (Wildman–Crippen LogP) is 5.30. The van der Waals surface area contributed by atoms with Crippen LogP contribution < -0.4 is 9.46 Å². The quantitative estimate of drug-likeness (QED) is 0.467. The molecule has 5 nitrogen and oxygen atoms in total. The molecule has 142 valence electrons. The van der Waals surface area contributed by atoms with Gasteiger partial charge in [0, 0.05) is 32.9 Å². The maximum Gasteiger partial charge on any atom is 0.265 e. The van der Waals surface area contributed by atoms with Crippen molar-refractivity contribution in [3.05, 3.63) is 77.8 Å². The Kier molecular flexibility index (Phi) is 4.75. The molecule has 0 saturated carbocycles. The van der Waals surface area contributed by atoms with Crippen LogP contribution in [0.1, 0.15) is 0 Å². The zero-order valence-electron chi connectivity index (χ0n) is 14.9. The summed E-state index contributed by atoms with van der Waals surface area (Å²) in [6.45, 7) is 0. The fourth-order valence-electron chi connectivity index (χ4n) is 3.05. The molecule has 0 aliphatic rings. The first-order chi connectivity index (χ1) is 13.5. The number of halogens is 1. The summed E-state index contributed by atoms with van der Waals surface area (Å²) in [6, 6.07) is 21.6. The first-order valence-electron chi connectivity index (χ1n) is 8.51. The number of para-hydroxylation sites is 1. The topological polar surface area (TPSA) is 71.2 Å². The van der Waals surface area contributed by atoms with E-state index in [2.05, 4.69) is 9.71 Å². The molecule has 0 fully saturated rings. The van der Waals surface area contributed by atoms with Crippen molar-refractivity contribution in [1.82, 2.24) is 4.98 Å². The maximum absolute atomic E-state index is 12.9. The number of hydrogen-bond donors (Lipinski definition) is 2. The van der Waals surface area contributed by atoms with Crippen molar-refractivity contribution in [2.45, 2.75) is 4.90 Å². The fourth-order valence-corrected chi connectivity index (χ4v) is 4.53. The molecule has 1 aromatic heterocycles. The fraction of sp³-hybridized carbons (Fsp3) is 0.0476. The van der Waals surface area contributed by atoms with Crippen molar-refractivity contribution in [3.63, 3.8) is 0 Å². The number of nitrogens with one attached hydrogen (secondary N) is 2. The molecule has 0 aliphatic carbocycles. The third-order valence-corrected chi connectivity index (χ3v) is 6.01. The van der Waals surface area contributed by atoms with E-state index in [1.807, 2.05) is 36.4 Å². The van der Waals surface area contributed by atoms with E-state index < -0.39 is 10.0 Å². The standard InChI is InChI=1S/C21H17ClN2O3S/c1-27-20-10-9-16(22)13-21(20)28(25,26)24-17-7-4-6-14(11-17)19-12-15-5-2-3-8-18(15)23-19/h2-13,23-24H,1H3. The van der Waals surface area contributed by atoms with Gasteiger partial charge in [-0.25, -0.2) is 8.42 Å². The van der Waals surface area contributed by atoms with Crippen LogP contribution in [0.5, 0.6) is 5.75 Å². The summed E-state index contributed by atoms with van der Waals surface area (Å²) in [6.07, 6.45) is 0. The van der Waals surface area contributed by atoms with Gasteiger partial charge < -0.3 is 9.72 Å². The highest BCUT2D eigenvalue weighted by molar-refractivity contribution is 7.92. The summed E-state index contributed by atoms with van der Waals surface area (Å²) in [7, 11) is -2.46. The Hall–Kier alpha value is -2.96. The summed E-state index contributed by atoms with van der Waals surface area (Å²) in [5.41, 5.74) is 3.24. The number of methoxy groups -OCH3 is 1. The zero-order valence-corrected chi connectivity index (χ0v) is 16.5. The second-order valence-corrected chi connectivity index (χ2v) is 8.34. The Balaban J connectivity index is 1.69. The Morgan fingerprint density at radius 2 is 1.79 bits per heavy atom. The van der Waals surface area contributed by atoms with Crippen molar-refractivity contribution >= 4 is 38.2 Å². The number of anilines is 1. The van der Waals surface area contributed by atoms with E-state index in [0.717, 1.165) is 22.2 Å². The van der Waals surface area contributed by atoms with Crippen molar-refractivity contribution < 1.29 is 13.2 Å². The van der Waals surface area contributed by atoms with Crippen LogP contribution in [0, 0.1) is 0 Å². The molecule has 0 bridgehead atoms. The molecule has 28 heavy (non-hydrogen) atoms. The van der Waals surface area contributed by atoms with Crippen molar-refractivity contribution in [3.8, 4) is 17.0 Å². The van der Waals surface area contributed by atoms with Gasteiger partial charge in [-0.1, -0.05) is 41.9 Å². The Morgan fingerprint density at radius 3 is 2.57 bits per heavy atom. The first-order valence-corrected chi connectivity index (χ1v) is 10.4. The molecule has 0 atom stereocenters. The van der Waals surface area contributed by atoms with Crippen LogP contribution in [-0.2, 0) is 10.0 Å².